The van der Waals surface area contributed by atoms with E-state index in [-0.39, 0.29) is 5.41 Å². The maximum Gasteiger partial charge on any atom is 0.0958 e. The summed E-state index contributed by atoms with van der Waals surface area (Å²) in [6, 6.07) is 6.75. The standard InChI is InChI=1S/C16H23N3/c1-2-19-12-18-14-10-13(6-7-15(14)19)16(11-17)8-4-3-5-9-16/h6-7,10,12H,2-5,8-9,11,17H2,1H3. The van der Waals surface area contributed by atoms with Gasteiger partial charge in [-0.05, 0) is 37.5 Å². The van der Waals surface area contributed by atoms with Gasteiger partial charge in [0, 0.05) is 18.5 Å². The molecule has 1 aliphatic rings. The Morgan fingerprint density at radius 1 is 1.26 bits per heavy atom. The second-order valence-corrected chi connectivity index (χ2v) is 5.78. The Labute approximate surface area is 114 Å². The highest BCUT2D eigenvalue weighted by molar-refractivity contribution is 5.76. The van der Waals surface area contributed by atoms with E-state index in [1.165, 1.54) is 43.2 Å². The van der Waals surface area contributed by atoms with Crippen LogP contribution in [0.25, 0.3) is 11.0 Å². The maximum absolute atomic E-state index is 6.12. The second kappa shape index (κ2) is 4.97. The minimum atomic E-state index is 0.197. The van der Waals surface area contributed by atoms with Gasteiger partial charge in [-0.3, -0.25) is 0 Å². The minimum Gasteiger partial charge on any atom is -0.331 e. The summed E-state index contributed by atoms with van der Waals surface area (Å²) in [7, 11) is 0. The third kappa shape index (κ3) is 2.06. The lowest BCUT2D eigenvalue weighted by Gasteiger charge is -2.36. The average Bonchev–Trinajstić information content (AvgIpc) is 2.90. The second-order valence-electron chi connectivity index (χ2n) is 5.78. The maximum atomic E-state index is 6.12. The summed E-state index contributed by atoms with van der Waals surface area (Å²) < 4.78 is 2.19. The summed E-state index contributed by atoms with van der Waals surface area (Å²) in [6.45, 7) is 3.88. The summed E-state index contributed by atoms with van der Waals surface area (Å²) >= 11 is 0. The molecule has 1 heterocycles. The molecule has 0 bridgehead atoms. The minimum absolute atomic E-state index is 0.197. The highest BCUT2D eigenvalue weighted by atomic mass is 15.0. The summed E-state index contributed by atoms with van der Waals surface area (Å²) in [4.78, 5) is 4.53. The third-order valence-corrected chi connectivity index (χ3v) is 4.78. The molecule has 19 heavy (non-hydrogen) atoms. The normalized spacial score (nSPS) is 18.8. The molecule has 3 rings (SSSR count). The molecule has 3 heteroatoms. The lowest BCUT2D eigenvalue weighted by atomic mass is 9.69. The molecule has 0 atom stereocenters. The monoisotopic (exact) mass is 257 g/mol. The van der Waals surface area contributed by atoms with Gasteiger partial charge in [0.1, 0.15) is 0 Å². The smallest absolute Gasteiger partial charge is 0.0958 e. The van der Waals surface area contributed by atoms with Crippen molar-refractivity contribution in [3.8, 4) is 0 Å². The summed E-state index contributed by atoms with van der Waals surface area (Å²) in [6.07, 6.45) is 8.35. The van der Waals surface area contributed by atoms with E-state index in [1.54, 1.807) is 0 Å². The van der Waals surface area contributed by atoms with Crippen LogP contribution in [0.5, 0.6) is 0 Å². The van der Waals surface area contributed by atoms with Gasteiger partial charge in [0.05, 0.1) is 17.4 Å². The molecule has 0 unspecified atom stereocenters. The first-order valence-corrected chi connectivity index (χ1v) is 7.44. The van der Waals surface area contributed by atoms with Gasteiger partial charge in [-0.15, -0.1) is 0 Å². The number of imidazole rings is 1. The Morgan fingerprint density at radius 2 is 2.05 bits per heavy atom. The van der Waals surface area contributed by atoms with Crippen LogP contribution in [0.1, 0.15) is 44.6 Å². The first kappa shape index (κ1) is 12.7. The molecule has 0 aliphatic heterocycles. The van der Waals surface area contributed by atoms with Gasteiger partial charge >= 0.3 is 0 Å². The lowest BCUT2D eigenvalue weighted by Crippen LogP contribution is -2.37. The van der Waals surface area contributed by atoms with Crippen molar-refractivity contribution in [2.75, 3.05) is 6.54 Å². The van der Waals surface area contributed by atoms with E-state index in [2.05, 4.69) is 34.7 Å². The Balaban J connectivity index is 2.04. The number of fused-ring (bicyclic) bond motifs is 1. The summed E-state index contributed by atoms with van der Waals surface area (Å²) in [5, 5.41) is 0. The molecular formula is C16H23N3. The molecule has 102 valence electrons. The number of aryl methyl sites for hydroxylation is 1. The van der Waals surface area contributed by atoms with Crippen LogP contribution < -0.4 is 5.73 Å². The Hall–Kier alpha value is -1.35. The molecule has 2 aromatic rings. The molecule has 1 aromatic heterocycles. The number of aromatic nitrogens is 2. The van der Waals surface area contributed by atoms with Gasteiger partial charge in [-0.1, -0.05) is 25.3 Å². The van der Waals surface area contributed by atoms with E-state index in [9.17, 15) is 0 Å². The van der Waals surface area contributed by atoms with Gasteiger partial charge < -0.3 is 10.3 Å². The largest absolute Gasteiger partial charge is 0.331 e. The van der Waals surface area contributed by atoms with Crippen molar-refractivity contribution in [2.24, 2.45) is 5.73 Å². The predicted molar refractivity (Wildman–Crippen MR) is 79.2 cm³/mol. The molecule has 1 saturated carbocycles. The van der Waals surface area contributed by atoms with Crippen molar-refractivity contribution in [3.05, 3.63) is 30.1 Å². The third-order valence-electron chi connectivity index (χ3n) is 4.78. The zero-order valence-electron chi connectivity index (χ0n) is 11.7. The van der Waals surface area contributed by atoms with E-state index in [0.29, 0.717) is 0 Å². The number of hydrogen-bond acceptors (Lipinski definition) is 2. The van der Waals surface area contributed by atoms with Gasteiger partial charge in [0.25, 0.3) is 0 Å². The number of hydrogen-bond donors (Lipinski definition) is 1. The lowest BCUT2D eigenvalue weighted by molar-refractivity contribution is 0.301. The zero-order chi connectivity index (χ0) is 13.3. The van der Waals surface area contributed by atoms with E-state index in [0.717, 1.165) is 18.6 Å². The van der Waals surface area contributed by atoms with E-state index < -0.39 is 0 Å². The van der Waals surface area contributed by atoms with Crippen molar-refractivity contribution in [1.82, 2.24) is 9.55 Å². The van der Waals surface area contributed by atoms with Crippen LogP contribution in [0.3, 0.4) is 0 Å². The fourth-order valence-corrected chi connectivity index (χ4v) is 3.48. The molecule has 1 fully saturated rings. The van der Waals surface area contributed by atoms with Crippen molar-refractivity contribution in [2.45, 2.75) is 51.0 Å². The van der Waals surface area contributed by atoms with E-state index in [1.807, 2.05) is 6.33 Å². The van der Waals surface area contributed by atoms with E-state index >= 15 is 0 Å². The number of nitrogens with zero attached hydrogens (tertiary/aromatic N) is 2. The molecule has 3 nitrogen and oxygen atoms in total. The molecule has 0 radical (unpaired) electrons. The average molecular weight is 257 g/mol. The first-order valence-electron chi connectivity index (χ1n) is 7.44. The van der Waals surface area contributed by atoms with E-state index in [4.69, 9.17) is 5.73 Å². The number of benzene rings is 1. The first-order chi connectivity index (χ1) is 9.29. The van der Waals surface area contributed by atoms with Crippen molar-refractivity contribution in [1.29, 1.82) is 0 Å². The Morgan fingerprint density at radius 3 is 2.74 bits per heavy atom. The van der Waals surface area contributed by atoms with Crippen LogP contribution in [0.2, 0.25) is 0 Å². The van der Waals surface area contributed by atoms with Crippen molar-refractivity contribution < 1.29 is 0 Å². The van der Waals surface area contributed by atoms with Crippen LogP contribution in [0.15, 0.2) is 24.5 Å². The molecule has 2 N–H and O–H groups in total. The van der Waals surface area contributed by atoms with Crippen molar-refractivity contribution in [3.63, 3.8) is 0 Å². The summed E-state index contributed by atoms with van der Waals surface area (Å²) in [5.74, 6) is 0. The number of nitrogens with two attached hydrogens (primary N) is 1. The summed E-state index contributed by atoms with van der Waals surface area (Å²) in [5.41, 5.74) is 10.0. The molecule has 0 saturated heterocycles. The topological polar surface area (TPSA) is 43.8 Å². The molecule has 1 aromatic carbocycles. The van der Waals surface area contributed by atoms with Gasteiger partial charge in [0.15, 0.2) is 0 Å². The SMILES string of the molecule is CCn1cnc2cc(C3(CN)CCCCC3)ccc21. The Kier molecular flexibility index (Phi) is 3.31. The van der Waals surface area contributed by atoms with Gasteiger partial charge in [-0.25, -0.2) is 4.98 Å². The van der Waals surface area contributed by atoms with Crippen LogP contribution in [0.4, 0.5) is 0 Å². The molecule has 1 aliphatic carbocycles. The quantitative estimate of drug-likeness (QED) is 0.917. The van der Waals surface area contributed by atoms with Crippen LogP contribution in [0, 0.1) is 0 Å². The molecular weight excluding hydrogens is 234 g/mol. The van der Waals surface area contributed by atoms with Crippen LogP contribution >= 0.6 is 0 Å². The highest BCUT2D eigenvalue weighted by Gasteiger charge is 2.32. The zero-order valence-corrected chi connectivity index (χ0v) is 11.7. The molecule has 0 amide bonds. The van der Waals surface area contributed by atoms with Crippen LogP contribution in [-0.2, 0) is 12.0 Å². The van der Waals surface area contributed by atoms with Gasteiger partial charge in [-0.2, -0.15) is 0 Å². The van der Waals surface area contributed by atoms with Crippen LogP contribution in [-0.4, -0.2) is 16.1 Å². The van der Waals surface area contributed by atoms with Crippen molar-refractivity contribution >= 4 is 11.0 Å². The predicted octanol–water partition coefficient (Wildman–Crippen LogP) is 3.22. The molecule has 0 spiro atoms. The fourth-order valence-electron chi connectivity index (χ4n) is 3.48. The fraction of sp³-hybridized carbons (Fsp3) is 0.562. The number of rotatable bonds is 3. The highest BCUT2D eigenvalue weighted by Crippen LogP contribution is 2.39. The van der Waals surface area contributed by atoms with Gasteiger partial charge in [0.2, 0.25) is 0 Å². The Bertz CT molecular complexity index is 564.